The van der Waals surface area contributed by atoms with Crippen LogP contribution in [0.15, 0.2) is 54.6 Å². The molecular formula is C16H15NO2. The van der Waals surface area contributed by atoms with Crippen LogP contribution in [0.25, 0.3) is 0 Å². The van der Waals surface area contributed by atoms with Gasteiger partial charge in [-0.25, -0.2) is 0 Å². The highest BCUT2D eigenvalue weighted by Gasteiger charge is 2.21. The molecule has 0 aromatic heterocycles. The minimum atomic E-state index is -0.0476. The van der Waals surface area contributed by atoms with E-state index >= 15 is 0 Å². The van der Waals surface area contributed by atoms with Gasteiger partial charge >= 0.3 is 0 Å². The van der Waals surface area contributed by atoms with Gasteiger partial charge in [-0.3, -0.25) is 4.79 Å². The van der Waals surface area contributed by atoms with Crippen LogP contribution < -0.4 is 10.1 Å². The second-order valence-corrected chi connectivity index (χ2v) is 4.66. The number of nitrogens with one attached hydrogen (secondary N) is 1. The third-order valence-electron chi connectivity index (χ3n) is 3.25. The molecule has 3 heteroatoms. The average molecular weight is 253 g/mol. The van der Waals surface area contributed by atoms with E-state index in [9.17, 15) is 4.79 Å². The molecule has 0 saturated carbocycles. The maximum Gasteiger partial charge on any atom is 0.251 e. The lowest BCUT2D eigenvalue weighted by Crippen LogP contribution is -2.42. The molecule has 19 heavy (non-hydrogen) atoms. The number of amides is 1. The average Bonchev–Trinajstić information content (AvgIpc) is 2.48. The van der Waals surface area contributed by atoms with Crippen molar-refractivity contribution in [3.8, 4) is 5.75 Å². The minimum absolute atomic E-state index is 0.0302. The fourth-order valence-electron chi connectivity index (χ4n) is 2.28. The summed E-state index contributed by atoms with van der Waals surface area (Å²) in [5.74, 6) is 0.876. The van der Waals surface area contributed by atoms with Crippen molar-refractivity contribution in [2.45, 2.75) is 12.5 Å². The Hall–Kier alpha value is -2.29. The van der Waals surface area contributed by atoms with Crippen LogP contribution in [-0.4, -0.2) is 18.6 Å². The Bertz CT molecular complexity index is 580. The van der Waals surface area contributed by atoms with Gasteiger partial charge in [0.25, 0.3) is 5.91 Å². The molecule has 1 heterocycles. The molecule has 0 radical (unpaired) electrons. The van der Waals surface area contributed by atoms with Crippen LogP contribution in [0.1, 0.15) is 15.9 Å². The molecule has 0 spiro atoms. The van der Waals surface area contributed by atoms with Gasteiger partial charge in [-0.15, -0.1) is 0 Å². The second kappa shape index (κ2) is 5.14. The fraction of sp³-hybridized carbons (Fsp3) is 0.188. The zero-order valence-electron chi connectivity index (χ0n) is 10.5. The Morgan fingerprint density at radius 1 is 1.05 bits per heavy atom. The topological polar surface area (TPSA) is 38.3 Å². The van der Waals surface area contributed by atoms with Crippen molar-refractivity contribution in [3.05, 3.63) is 65.7 Å². The Morgan fingerprint density at radius 3 is 2.63 bits per heavy atom. The maximum atomic E-state index is 12.1. The van der Waals surface area contributed by atoms with Crippen LogP contribution >= 0.6 is 0 Å². The monoisotopic (exact) mass is 253 g/mol. The SMILES string of the molecule is O=C(N[C@H]1COc2ccccc2C1)c1ccccc1. The normalized spacial score (nSPS) is 17.2. The van der Waals surface area contributed by atoms with Gasteiger partial charge in [0.2, 0.25) is 0 Å². The molecule has 0 fully saturated rings. The highest BCUT2D eigenvalue weighted by molar-refractivity contribution is 5.94. The van der Waals surface area contributed by atoms with Gasteiger partial charge < -0.3 is 10.1 Å². The molecule has 2 aromatic rings. The molecule has 0 unspecified atom stereocenters. The van der Waals surface area contributed by atoms with Crippen molar-refractivity contribution in [1.29, 1.82) is 0 Å². The zero-order chi connectivity index (χ0) is 13.1. The van der Waals surface area contributed by atoms with Gasteiger partial charge in [0.05, 0.1) is 6.04 Å². The van der Waals surface area contributed by atoms with Crippen LogP contribution in [0.2, 0.25) is 0 Å². The molecule has 1 atom stereocenters. The lowest BCUT2D eigenvalue weighted by molar-refractivity contribution is 0.0915. The van der Waals surface area contributed by atoms with Crippen LogP contribution in [0.3, 0.4) is 0 Å². The van der Waals surface area contributed by atoms with Crippen LogP contribution in [0, 0.1) is 0 Å². The van der Waals surface area contributed by atoms with E-state index in [0.29, 0.717) is 12.2 Å². The first-order valence-electron chi connectivity index (χ1n) is 6.39. The maximum absolute atomic E-state index is 12.1. The fourth-order valence-corrected chi connectivity index (χ4v) is 2.28. The Morgan fingerprint density at radius 2 is 1.79 bits per heavy atom. The number of para-hydroxylation sites is 1. The quantitative estimate of drug-likeness (QED) is 0.892. The standard InChI is InChI=1S/C16H15NO2/c18-16(12-6-2-1-3-7-12)17-14-10-13-8-4-5-9-15(13)19-11-14/h1-9,14H,10-11H2,(H,17,18)/t14-/m1/s1. The predicted octanol–water partition coefficient (Wildman–Crippen LogP) is 2.42. The van der Waals surface area contributed by atoms with Crippen LogP contribution in [0.4, 0.5) is 0 Å². The zero-order valence-corrected chi connectivity index (χ0v) is 10.5. The smallest absolute Gasteiger partial charge is 0.251 e. The van der Waals surface area contributed by atoms with Gasteiger partial charge in [-0.2, -0.15) is 0 Å². The van der Waals surface area contributed by atoms with E-state index in [1.54, 1.807) is 0 Å². The molecule has 1 aliphatic rings. The second-order valence-electron chi connectivity index (χ2n) is 4.66. The number of ether oxygens (including phenoxy) is 1. The van der Waals surface area contributed by atoms with E-state index in [0.717, 1.165) is 17.7 Å². The van der Waals surface area contributed by atoms with Crippen molar-refractivity contribution < 1.29 is 9.53 Å². The summed E-state index contributed by atoms with van der Waals surface area (Å²) in [7, 11) is 0. The van der Waals surface area contributed by atoms with Crippen molar-refractivity contribution in [1.82, 2.24) is 5.32 Å². The van der Waals surface area contributed by atoms with Gasteiger partial charge in [0.15, 0.2) is 0 Å². The number of benzene rings is 2. The lowest BCUT2D eigenvalue weighted by atomic mass is 10.0. The van der Waals surface area contributed by atoms with E-state index in [1.165, 1.54) is 0 Å². The molecule has 96 valence electrons. The molecule has 1 N–H and O–H groups in total. The number of hydrogen-bond donors (Lipinski definition) is 1. The van der Waals surface area contributed by atoms with E-state index < -0.39 is 0 Å². The molecule has 3 nitrogen and oxygen atoms in total. The van der Waals surface area contributed by atoms with Crippen molar-refractivity contribution in [2.75, 3.05) is 6.61 Å². The van der Waals surface area contributed by atoms with Gasteiger partial charge in [-0.05, 0) is 30.2 Å². The molecular weight excluding hydrogens is 238 g/mol. The Balaban J connectivity index is 1.68. The first kappa shape index (κ1) is 11.8. The molecule has 3 rings (SSSR count). The Kier molecular flexibility index (Phi) is 3.19. The Labute approximate surface area is 112 Å². The number of hydrogen-bond acceptors (Lipinski definition) is 2. The molecule has 2 aromatic carbocycles. The predicted molar refractivity (Wildman–Crippen MR) is 73.3 cm³/mol. The largest absolute Gasteiger partial charge is 0.491 e. The summed E-state index contributed by atoms with van der Waals surface area (Å²) in [6.45, 7) is 0.523. The molecule has 0 saturated heterocycles. The number of fused-ring (bicyclic) bond motifs is 1. The summed E-state index contributed by atoms with van der Waals surface area (Å²) in [5, 5.41) is 3.01. The summed E-state index contributed by atoms with van der Waals surface area (Å²) >= 11 is 0. The molecule has 1 amide bonds. The molecule has 0 aliphatic carbocycles. The van der Waals surface area contributed by atoms with Crippen LogP contribution in [0.5, 0.6) is 5.75 Å². The van der Waals surface area contributed by atoms with E-state index in [2.05, 4.69) is 5.32 Å². The van der Waals surface area contributed by atoms with E-state index in [1.807, 2.05) is 54.6 Å². The summed E-state index contributed by atoms with van der Waals surface area (Å²) in [6.07, 6.45) is 0.814. The van der Waals surface area contributed by atoms with Gasteiger partial charge in [-0.1, -0.05) is 36.4 Å². The third kappa shape index (κ3) is 2.60. The first-order valence-corrected chi connectivity index (χ1v) is 6.39. The summed E-state index contributed by atoms with van der Waals surface area (Å²) in [6, 6.07) is 17.2. The number of carbonyl (C=O) groups is 1. The number of rotatable bonds is 2. The first-order chi connectivity index (χ1) is 9.33. The number of carbonyl (C=O) groups excluding carboxylic acids is 1. The lowest BCUT2D eigenvalue weighted by Gasteiger charge is -2.26. The summed E-state index contributed by atoms with van der Waals surface area (Å²) in [4.78, 5) is 12.1. The minimum Gasteiger partial charge on any atom is -0.491 e. The molecule has 1 aliphatic heterocycles. The van der Waals surface area contributed by atoms with Gasteiger partial charge in [0, 0.05) is 5.56 Å². The van der Waals surface area contributed by atoms with Gasteiger partial charge in [0.1, 0.15) is 12.4 Å². The highest BCUT2D eigenvalue weighted by atomic mass is 16.5. The van der Waals surface area contributed by atoms with Crippen molar-refractivity contribution in [2.24, 2.45) is 0 Å². The van der Waals surface area contributed by atoms with Crippen molar-refractivity contribution >= 4 is 5.91 Å². The van der Waals surface area contributed by atoms with E-state index in [-0.39, 0.29) is 11.9 Å². The third-order valence-corrected chi connectivity index (χ3v) is 3.25. The molecule has 0 bridgehead atoms. The highest BCUT2D eigenvalue weighted by Crippen LogP contribution is 2.23. The van der Waals surface area contributed by atoms with Crippen molar-refractivity contribution in [3.63, 3.8) is 0 Å². The summed E-state index contributed by atoms with van der Waals surface area (Å²) in [5.41, 5.74) is 1.83. The summed E-state index contributed by atoms with van der Waals surface area (Å²) < 4.78 is 5.66. The van der Waals surface area contributed by atoms with E-state index in [4.69, 9.17) is 4.74 Å². The van der Waals surface area contributed by atoms with Crippen LogP contribution in [-0.2, 0) is 6.42 Å².